The normalized spacial score (nSPS) is 13.5. The second-order valence-electron chi connectivity index (χ2n) is 9.82. The van der Waals surface area contributed by atoms with Crippen molar-refractivity contribution in [2.75, 3.05) is 6.54 Å². The number of halogens is 1. The largest absolute Gasteiger partial charge is 0.444 e. The van der Waals surface area contributed by atoms with Crippen molar-refractivity contribution in [2.45, 2.75) is 39.3 Å². The van der Waals surface area contributed by atoms with E-state index in [0.717, 1.165) is 27.8 Å². The third-order valence-corrected chi connectivity index (χ3v) is 6.46. The number of carbonyl (C=O) groups is 1. The van der Waals surface area contributed by atoms with Gasteiger partial charge in [-0.1, -0.05) is 24.2 Å². The Kier molecular flexibility index (Phi) is 5.96. The van der Waals surface area contributed by atoms with Gasteiger partial charge in [0.05, 0.1) is 28.5 Å². The van der Waals surface area contributed by atoms with Gasteiger partial charge in [0.1, 0.15) is 5.60 Å². The summed E-state index contributed by atoms with van der Waals surface area (Å²) in [6.07, 6.45) is 5.46. The van der Waals surface area contributed by atoms with Crippen LogP contribution in [0.1, 0.15) is 32.0 Å². The van der Waals surface area contributed by atoms with Gasteiger partial charge in [-0.3, -0.25) is 14.3 Å². The molecule has 0 N–H and O–H groups in total. The summed E-state index contributed by atoms with van der Waals surface area (Å²) in [5.41, 5.74) is 4.56. The van der Waals surface area contributed by atoms with E-state index in [1.54, 1.807) is 46.3 Å². The van der Waals surface area contributed by atoms with Crippen LogP contribution >= 0.6 is 11.6 Å². The first-order chi connectivity index (χ1) is 17.1. The molecule has 184 valence electrons. The van der Waals surface area contributed by atoms with Crippen molar-refractivity contribution in [3.63, 3.8) is 0 Å². The standard InChI is InChI=1S/C28H27ClN4O3/c1-5-32-24-15-20(33-13-10-18(14-26(33)34)23-9-6-19(29)16-30-23)7-8-21(24)22-11-12-31(17-25(22)32)27(35)36-28(2,3)4/h5-10,13-16H,1,11-12,17H2,2-4H3. The van der Waals surface area contributed by atoms with E-state index in [4.69, 9.17) is 16.3 Å². The average Bonchev–Trinajstić information content (AvgIpc) is 3.15. The number of nitrogens with zero attached hydrogens (tertiary/aromatic N) is 4. The Hall–Kier alpha value is -3.84. The number of pyridine rings is 2. The highest BCUT2D eigenvalue weighted by molar-refractivity contribution is 6.30. The van der Waals surface area contributed by atoms with Crippen LogP contribution in [0.15, 0.2) is 66.2 Å². The van der Waals surface area contributed by atoms with E-state index in [2.05, 4.69) is 11.6 Å². The molecule has 8 heteroatoms. The van der Waals surface area contributed by atoms with Crippen molar-refractivity contribution in [1.29, 1.82) is 0 Å². The third kappa shape index (κ3) is 4.42. The summed E-state index contributed by atoms with van der Waals surface area (Å²) in [4.78, 5) is 31.7. The van der Waals surface area contributed by atoms with E-state index in [1.807, 2.05) is 49.6 Å². The smallest absolute Gasteiger partial charge is 0.410 e. The van der Waals surface area contributed by atoms with Crippen LogP contribution in [-0.2, 0) is 17.7 Å². The molecule has 0 fully saturated rings. The molecule has 0 radical (unpaired) electrons. The van der Waals surface area contributed by atoms with Gasteiger partial charge in [-0.25, -0.2) is 4.79 Å². The lowest BCUT2D eigenvalue weighted by Gasteiger charge is -2.30. The lowest BCUT2D eigenvalue weighted by molar-refractivity contribution is 0.0221. The molecule has 0 unspecified atom stereocenters. The summed E-state index contributed by atoms with van der Waals surface area (Å²) in [5.74, 6) is 0. The van der Waals surface area contributed by atoms with E-state index >= 15 is 0 Å². The average molecular weight is 503 g/mol. The van der Waals surface area contributed by atoms with E-state index in [9.17, 15) is 9.59 Å². The first-order valence-electron chi connectivity index (χ1n) is 11.8. The summed E-state index contributed by atoms with van der Waals surface area (Å²) in [7, 11) is 0. The number of hydrogen-bond acceptors (Lipinski definition) is 4. The maximum absolute atomic E-state index is 13.0. The molecule has 1 amide bonds. The van der Waals surface area contributed by atoms with Crippen LogP contribution in [0.2, 0.25) is 5.02 Å². The Morgan fingerprint density at radius 3 is 2.64 bits per heavy atom. The minimum Gasteiger partial charge on any atom is -0.444 e. The molecule has 4 heterocycles. The van der Waals surface area contributed by atoms with E-state index in [0.29, 0.717) is 30.2 Å². The van der Waals surface area contributed by atoms with Gasteiger partial charge in [-0.05, 0) is 63.1 Å². The maximum atomic E-state index is 13.0. The molecule has 1 aliphatic heterocycles. The summed E-state index contributed by atoms with van der Waals surface area (Å²) in [6, 6.07) is 12.9. The van der Waals surface area contributed by atoms with Gasteiger partial charge in [0.15, 0.2) is 0 Å². The number of benzene rings is 1. The zero-order chi connectivity index (χ0) is 25.6. The Balaban J connectivity index is 1.51. The fraction of sp³-hybridized carbons (Fsp3) is 0.250. The summed E-state index contributed by atoms with van der Waals surface area (Å²) < 4.78 is 9.18. The third-order valence-electron chi connectivity index (χ3n) is 6.23. The van der Waals surface area contributed by atoms with Crippen LogP contribution < -0.4 is 5.56 Å². The zero-order valence-electron chi connectivity index (χ0n) is 20.5. The van der Waals surface area contributed by atoms with Crippen LogP contribution in [0, 0.1) is 0 Å². The first-order valence-corrected chi connectivity index (χ1v) is 12.1. The van der Waals surface area contributed by atoms with E-state index in [1.165, 1.54) is 5.56 Å². The molecule has 7 nitrogen and oxygen atoms in total. The number of rotatable bonds is 3. The molecule has 0 aliphatic carbocycles. The molecule has 1 aliphatic rings. The quantitative estimate of drug-likeness (QED) is 0.349. The number of ether oxygens (including phenoxy) is 1. The van der Waals surface area contributed by atoms with Crippen LogP contribution in [0.25, 0.3) is 34.0 Å². The molecule has 5 rings (SSSR count). The van der Waals surface area contributed by atoms with Crippen molar-refractivity contribution < 1.29 is 9.53 Å². The lowest BCUT2D eigenvalue weighted by atomic mass is 10.0. The molecule has 4 aromatic rings. The van der Waals surface area contributed by atoms with E-state index in [-0.39, 0.29) is 11.7 Å². The van der Waals surface area contributed by atoms with E-state index < -0.39 is 5.60 Å². The molecule has 0 spiro atoms. The Morgan fingerprint density at radius 2 is 1.97 bits per heavy atom. The maximum Gasteiger partial charge on any atom is 0.410 e. The summed E-state index contributed by atoms with van der Waals surface area (Å²) in [6.45, 7) is 10.6. The highest BCUT2D eigenvalue weighted by Gasteiger charge is 2.29. The summed E-state index contributed by atoms with van der Waals surface area (Å²) >= 11 is 5.93. The Labute approximate surface area is 214 Å². The van der Waals surface area contributed by atoms with Crippen molar-refractivity contribution in [3.05, 3.63) is 88.1 Å². The van der Waals surface area contributed by atoms with Crippen molar-refractivity contribution in [1.82, 2.24) is 19.0 Å². The highest BCUT2D eigenvalue weighted by Crippen LogP contribution is 2.33. The lowest BCUT2D eigenvalue weighted by Crippen LogP contribution is -2.40. The minimum atomic E-state index is -0.552. The molecular weight excluding hydrogens is 476 g/mol. The molecule has 0 atom stereocenters. The predicted octanol–water partition coefficient (Wildman–Crippen LogP) is 5.90. The fourth-order valence-corrected chi connectivity index (χ4v) is 4.73. The van der Waals surface area contributed by atoms with Crippen molar-refractivity contribution in [2.24, 2.45) is 0 Å². The molecule has 0 saturated heterocycles. The molecule has 3 aromatic heterocycles. The number of aromatic nitrogens is 3. The van der Waals surface area contributed by atoms with Gasteiger partial charge in [-0.15, -0.1) is 0 Å². The molecule has 0 saturated carbocycles. The van der Waals surface area contributed by atoms with Gasteiger partial charge in [-0.2, -0.15) is 0 Å². The molecule has 36 heavy (non-hydrogen) atoms. The SMILES string of the molecule is C=Cn1c2c(c3ccc(-n4ccc(-c5ccc(Cl)cn5)cc4=O)cc31)CCN(C(=O)OC(C)(C)C)C2. The fourth-order valence-electron chi connectivity index (χ4n) is 4.62. The van der Waals surface area contributed by atoms with Crippen molar-refractivity contribution in [3.8, 4) is 16.9 Å². The molecule has 0 bridgehead atoms. The second-order valence-corrected chi connectivity index (χ2v) is 10.3. The van der Waals surface area contributed by atoms with Crippen LogP contribution in [-0.4, -0.2) is 37.3 Å². The van der Waals surface area contributed by atoms with Crippen LogP contribution in [0.3, 0.4) is 0 Å². The van der Waals surface area contributed by atoms with Gasteiger partial charge < -0.3 is 14.2 Å². The number of fused-ring (bicyclic) bond motifs is 3. The minimum absolute atomic E-state index is 0.166. The first kappa shape index (κ1) is 23.9. The van der Waals surface area contributed by atoms with Crippen molar-refractivity contribution >= 4 is 34.8 Å². The van der Waals surface area contributed by atoms with Gasteiger partial charge in [0.25, 0.3) is 5.56 Å². The second kappa shape index (κ2) is 8.99. The van der Waals surface area contributed by atoms with Gasteiger partial charge >= 0.3 is 6.09 Å². The van der Waals surface area contributed by atoms with Gasteiger partial charge in [0.2, 0.25) is 0 Å². The summed E-state index contributed by atoms with van der Waals surface area (Å²) in [5, 5.41) is 1.63. The number of hydrogen-bond donors (Lipinski definition) is 0. The Morgan fingerprint density at radius 1 is 1.17 bits per heavy atom. The Bertz CT molecular complexity index is 1540. The topological polar surface area (TPSA) is 69.4 Å². The van der Waals surface area contributed by atoms with Crippen LogP contribution in [0.4, 0.5) is 4.79 Å². The highest BCUT2D eigenvalue weighted by atomic mass is 35.5. The van der Waals surface area contributed by atoms with Gasteiger partial charge in [0, 0.05) is 47.8 Å². The number of amides is 1. The molecule has 1 aromatic carbocycles. The predicted molar refractivity (Wildman–Crippen MR) is 143 cm³/mol. The van der Waals surface area contributed by atoms with Crippen LogP contribution in [0.5, 0.6) is 0 Å². The number of carbonyl (C=O) groups excluding carboxylic acids is 1. The molecular formula is C28H27ClN4O3. The monoisotopic (exact) mass is 502 g/mol. The zero-order valence-corrected chi connectivity index (χ0v) is 21.2.